The quantitative estimate of drug-likeness (QED) is 0.447. The van der Waals surface area contributed by atoms with Crippen LogP contribution in [0.1, 0.15) is 29.4 Å². The fourth-order valence-corrected chi connectivity index (χ4v) is 3.64. The molecule has 6 nitrogen and oxygen atoms in total. The third-order valence-electron chi connectivity index (χ3n) is 4.91. The van der Waals surface area contributed by atoms with Crippen molar-refractivity contribution in [3.63, 3.8) is 0 Å². The van der Waals surface area contributed by atoms with Crippen LogP contribution in [0.25, 0.3) is 11.4 Å². The van der Waals surface area contributed by atoms with Crippen molar-refractivity contribution < 1.29 is 9.59 Å². The van der Waals surface area contributed by atoms with Gasteiger partial charge in [0.25, 0.3) is 5.91 Å². The van der Waals surface area contributed by atoms with Crippen LogP contribution in [0.3, 0.4) is 0 Å². The highest BCUT2D eigenvalue weighted by Crippen LogP contribution is 2.33. The molecular weight excluding hydrogens is 435 g/mol. The van der Waals surface area contributed by atoms with Crippen molar-refractivity contribution in [2.45, 2.75) is 19.9 Å². The van der Waals surface area contributed by atoms with Crippen LogP contribution in [0, 0.1) is 0 Å². The van der Waals surface area contributed by atoms with E-state index in [2.05, 4.69) is 0 Å². The first-order valence-electron chi connectivity index (χ1n) is 9.90. The van der Waals surface area contributed by atoms with E-state index in [0.717, 1.165) is 12.0 Å². The molecule has 0 saturated heterocycles. The van der Waals surface area contributed by atoms with Crippen molar-refractivity contribution in [3.05, 3.63) is 69.8 Å². The van der Waals surface area contributed by atoms with Crippen LogP contribution in [0.2, 0.25) is 10.0 Å². The molecular formula is C23H24Cl2N4O2. The number of benzene rings is 2. The smallest absolute Gasteiger partial charge is 0.274 e. The lowest BCUT2D eigenvalue weighted by Crippen LogP contribution is -2.31. The number of hydrogen-bond acceptors (Lipinski definition) is 3. The second-order valence-corrected chi connectivity index (χ2v) is 8.07. The van der Waals surface area contributed by atoms with Gasteiger partial charge in [0.15, 0.2) is 11.5 Å². The summed E-state index contributed by atoms with van der Waals surface area (Å²) < 4.78 is 1.83. The highest BCUT2D eigenvalue weighted by atomic mass is 35.5. The van der Waals surface area contributed by atoms with Crippen molar-refractivity contribution in [2.75, 3.05) is 25.5 Å². The topological polar surface area (TPSA) is 58.4 Å². The Morgan fingerprint density at radius 2 is 1.81 bits per heavy atom. The number of amides is 2. The van der Waals surface area contributed by atoms with Crippen molar-refractivity contribution in [1.82, 2.24) is 14.5 Å². The van der Waals surface area contributed by atoms with E-state index in [-0.39, 0.29) is 5.91 Å². The fraction of sp³-hybridized carbons (Fsp3) is 0.261. The minimum atomic E-state index is -0.208. The van der Waals surface area contributed by atoms with E-state index >= 15 is 0 Å². The Balaban J connectivity index is 2.26. The van der Waals surface area contributed by atoms with Crippen molar-refractivity contribution in [3.8, 4) is 11.4 Å². The Kier molecular flexibility index (Phi) is 7.36. The predicted molar refractivity (Wildman–Crippen MR) is 125 cm³/mol. The van der Waals surface area contributed by atoms with Gasteiger partial charge in [-0.25, -0.2) is 4.98 Å². The standard InChI is InChI=1S/C23H24Cl2N4O2/c1-4-12-27(2)23(31)20-22(28(3)15-30)26-21(17-10-11-18(24)19(25)13-17)29(20)14-16-8-6-5-7-9-16/h5-11,13,15H,4,12,14H2,1-3H3. The maximum absolute atomic E-state index is 13.4. The van der Waals surface area contributed by atoms with Gasteiger partial charge in [-0.05, 0) is 30.2 Å². The number of halogens is 2. The molecule has 1 aromatic heterocycles. The number of nitrogens with zero attached hydrogens (tertiary/aromatic N) is 4. The molecule has 0 atom stereocenters. The minimum Gasteiger partial charge on any atom is -0.340 e. The molecule has 0 aliphatic rings. The molecule has 0 spiro atoms. The van der Waals surface area contributed by atoms with Gasteiger partial charge >= 0.3 is 0 Å². The molecule has 31 heavy (non-hydrogen) atoms. The molecule has 3 rings (SSSR count). The van der Waals surface area contributed by atoms with Crippen LogP contribution >= 0.6 is 23.2 Å². The zero-order chi connectivity index (χ0) is 22.5. The third-order valence-corrected chi connectivity index (χ3v) is 5.65. The summed E-state index contributed by atoms with van der Waals surface area (Å²) in [6.07, 6.45) is 1.46. The second-order valence-electron chi connectivity index (χ2n) is 7.25. The summed E-state index contributed by atoms with van der Waals surface area (Å²) in [7, 11) is 3.33. The highest BCUT2D eigenvalue weighted by Gasteiger charge is 2.28. The van der Waals surface area contributed by atoms with Crippen LogP contribution in [-0.4, -0.2) is 47.4 Å². The number of imidazole rings is 1. The first-order chi connectivity index (χ1) is 14.9. The molecule has 0 saturated carbocycles. The van der Waals surface area contributed by atoms with E-state index in [9.17, 15) is 9.59 Å². The van der Waals surface area contributed by atoms with Gasteiger partial charge in [-0.2, -0.15) is 0 Å². The van der Waals surface area contributed by atoms with Gasteiger partial charge < -0.3 is 14.4 Å². The number of carbonyl (C=O) groups is 2. The van der Waals surface area contributed by atoms with E-state index < -0.39 is 0 Å². The lowest BCUT2D eigenvalue weighted by molar-refractivity contribution is -0.107. The summed E-state index contributed by atoms with van der Waals surface area (Å²) in [6, 6.07) is 15.0. The summed E-state index contributed by atoms with van der Waals surface area (Å²) in [4.78, 5) is 32.7. The summed E-state index contributed by atoms with van der Waals surface area (Å²) in [5, 5.41) is 0.811. The highest BCUT2D eigenvalue weighted by molar-refractivity contribution is 6.42. The maximum atomic E-state index is 13.4. The molecule has 0 unspecified atom stereocenters. The van der Waals surface area contributed by atoms with Gasteiger partial charge in [0.1, 0.15) is 5.82 Å². The van der Waals surface area contributed by atoms with Gasteiger partial charge in [0.2, 0.25) is 6.41 Å². The van der Waals surface area contributed by atoms with Gasteiger partial charge in [0, 0.05) is 32.7 Å². The molecule has 3 aromatic rings. The summed E-state index contributed by atoms with van der Waals surface area (Å²) >= 11 is 12.4. The van der Waals surface area contributed by atoms with Crippen LogP contribution in [0.15, 0.2) is 48.5 Å². The summed E-state index contributed by atoms with van der Waals surface area (Å²) in [5.74, 6) is 0.611. The zero-order valence-corrected chi connectivity index (χ0v) is 19.2. The van der Waals surface area contributed by atoms with E-state index in [1.54, 1.807) is 37.2 Å². The Bertz CT molecular complexity index is 1080. The van der Waals surface area contributed by atoms with Crippen molar-refractivity contribution >= 4 is 41.3 Å². The van der Waals surface area contributed by atoms with Gasteiger partial charge in [-0.15, -0.1) is 0 Å². The van der Waals surface area contributed by atoms with E-state index in [4.69, 9.17) is 28.2 Å². The summed E-state index contributed by atoms with van der Waals surface area (Å²) in [6.45, 7) is 2.99. The molecule has 8 heteroatoms. The van der Waals surface area contributed by atoms with E-state index in [0.29, 0.717) is 52.4 Å². The second kappa shape index (κ2) is 9.98. The van der Waals surface area contributed by atoms with Gasteiger partial charge in [-0.3, -0.25) is 9.59 Å². The Hall–Kier alpha value is -2.83. The summed E-state index contributed by atoms with van der Waals surface area (Å²) in [5.41, 5.74) is 2.03. The van der Waals surface area contributed by atoms with E-state index in [1.165, 1.54) is 4.90 Å². The molecule has 162 valence electrons. The van der Waals surface area contributed by atoms with Crippen LogP contribution < -0.4 is 4.90 Å². The normalized spacial score (nSPS) is 10.7. The molecule has 0 aliphatic carbocycles. The molecule has 1 heterocycles. The maximum Gasteiger partial charge on any atom is 0.274 e. The van der Waals surface area contributed by atoms with Crippen molar-refractivity contribution in [2.24, 2.45) is 0 Å². The molecule has 2 aromatic carbocycles. The molecule has 0 fully saturated rings. The third kappa shape index (κ3) is 4.92. The number of aromatic nitrogens is 2. The zero-order valence-electron chi connectivity index (χ0n) is 17.7. The van der Waals surface area contributed by atoms with Crippen LogP contribution in [-0.2, 0) is 11.3 Å². The monoisotopic (exact) mass is 458 g/mol. The number of anilines is 1. The Morgan fingerprint density at radius 1 is 1.10 bits per heavy atom. The first-order valence-corrected chi connectivity index (χ1v) is 10.7. The Labute approximate surface area is 192 Å². The predicted octanol–water partition coefficient (Wildman–Crippen LogP) is 4.98. The van der Waals surface area contributed by atoms with E-state index in [1.807, 2.05) is 41.8 Å². The van der Waals surface area contributed by atoms with Crippen molar-refractivity contribution in [1.29, 1.82) is 0 Å². The lowest BCUT2D eigenvalue weighted by Gasteiger charge is -2.20. The van der Waals surface area contributed by atoms with Gasteiger partial charge in [-0.1, -0.05) is 60.5 Å². The lowest BCUT2D eigenvalue weighted by atomic mass is 10.2. The molecule has 0 aliphatic heterocycles. The average molecular weight is 459 g/mol. The average Bonchev–Trinajstić information content (AvgIpc) is 3.14. The number of hydrogen-bond donors (Lipinski definition) is 0. The molecule has 2 amide bonds. The molecule has 0 bridgehead atoms. The minimum absolute atomic E-state index is 0.208. The van der Waals surface area contributed by atoms with Crippen LogP contribution in [0.4, 0.5) is 5.82 Å². The first kappa shape index (κ1) is 22.8. The number of carbonyl (C=O) groups excluding carboxylic acids is 2. The Morgan fingerprint density at radius 3 is 2.42 bits per heavy atom. The largest absolute Gasteiger partial charge is 0.340 e. The SMILES string of the molecule is CCCN(C)C(=O)c1c(N(C)C=O)nc(-c2ccc(Cl)c(Cl)c2)n1Cc1ccccc1. The van der Waals surface area contributed by atoms with Gasteiger partial charge in [0.05, 0.1) is 10.0 Å². The molecule has 0 radical (unpaired) electrons. The molecule has 0 N–H and O–H groups in total. The van der Waals surface area contributed by atoms with Crippen LogP contribution in [0.5, 0.6) is 0 Å². The fourth-order valence-electron chi connectivity index (χ4n) is 3.34. The number of rotatable bonds is 8.